The molecular weight excluding hydrogens is 413 g/mol. The van der Waals surface area contributed by atoms with Crippen LogP contribution in [0.15, 0.2) is 42.5 Å². The Morgan fingerprint density at radius 3 is 2.58 bits per heavy atom. The number of carbonyl (C=O) groups is 2. The number of nitro groups is 1. The maximum atomic E-state index is 14.1. The molecule has 0 bridgehead atoms. The van der Waals surface area contributed by atoms with Crippen LogP contribution in [0.1, 0.15) is 19.4 Å². The van der Waals surface area contributed by atoms with Crippen molar-refractivity contribution in [1.82, 2.24) is 0 Å². The highest BCUT2D eigenvalue weighted by Gasteiger charge is 2.42. The fraction of sp³-hybridized carbons (Fsp3) is 0.300. The molecule has 2 amide bonds. The van der Waals surface area contributed by atoms with E-state index in [0.717, 1.165) is 13.0 Å². The lowest BCUT2D eigenvalue weighted by Crippen LogP contribution is -2.53. The zero-order valence-corrected chi connectivity index (χ0v) is 17.1. The average Bonchev–Trinajstić information content (AvgIpc) is 2.68. The van der Waals surface area contributed by atoms with E-state index in [1.54, 1.807) is 19.9 Å². The smallest absolute Gasteiger partial charge is 0.411 e. The molecule has 0 saturated carbocycles. The summed E-state index contributed by atoms with van der Waals surface area (Å²) < 4.78 is 24.1. The second-order valence-corrected chi connectivity index (χ2v) is 6.74. The summed E-state index contributed by atoms with van der Waals surface area (Å²) in [5.41, 5.74) is -1.81. The van der Waals surface area contributed by atoms with Crippen LogP contribution in [-0.4, -0.2) is 41.0 Å². The summed E-state index contributed by atoms with van der Waals surface area (Å²) in [5.74, 6) is -2.14. The van der Waals surface area contributed by atoms with Crippen molar-refractivity contribution in [3.05, 3.63) is 64.0 Å². The van der Waals surface area contributed by atoms with E-state index in [2.05, 4.69) is 10.1 Å². The standard InChI is InChI=1S/C20H22FN3O7/c1-4-30-19(26)22-17-9-8-15(11-16(17)21)31-12-20(3,27)18(25)23(24(28)29)14-7-5-6-13(2)10-14/h5-11,27H,4,12H2,1-3H3,(H,22,26). The van der Waals surface area contributed by atoms with Gasteiger partial charge < -0.3 is 14.6 Å². The van der Waals surface area contributed by atoms with Crippen LogP contribution < -0.4 is 15.1 Å². The first-order valence-corrected chi connectivity index (χ1v) is 9.19. The number of amides is 2. The van der Waals surface area contributed by atoms with Crippen LogP contribution in [0.5, 0.6) is 5.75 Å². The van der Waals surface area contributed by atoms with Gasteiger partial charge in [0.25, 0.3) is 0 Å². The summed E-state index contributed by atoms with van der Waals surface area (Å²) in [6.07, 6.45) is -0.834. The average molecular weight is 435 g/mol. The van der Waals surface area contributed by atoms with E-state index in [9.17, 15) is 29.2 Å². The van der Waals surface area contributed by atoms with Gasteiger partial charge in [0.15, 0.2) is 16.5 Å². The minimum atomic E-state index is -2.30. The Morgan fingerprint density at radius 2 is 2.00 bits per heavy atom. The molecule has 0 heterocycles. The van der Waals surface area contributed by atoms with E-state index < -0.39 is 35.1 Å². The normalized spacial score (nSPS) is 12.4. The molecule has 166 valence electrons. The summed E-state index contributed by atoms with van der Waals surface area (Å²) in [6, 6.07) is 9.42. The molecule has 0 aliphatic heterocycles. The van der Waals surface area contributed by atoms with Crippen LogP contribution in [0.4, 0.5) is 20.6 Å². The maximum absolute atomic E-state index is 14.1. The van der Waals surface area contributed by atoms with E-state index >= 15 is 0 Å². The molecule has 0 spiro atoms. The van der Waals surface area contributed by atoms with Crippen molar-refractivity contribution in [2.75, 3.05) is 23.5 Å². The lowest BCUT2D eigenvalue weighted by Gasteiger charge is -2.24. The van der Waals surface area contributed by atoms with E-state index in [4.69, 9.17) is 4.74 Å². The summed E-state index contributed by atoms with van der Waals surface area (Å²) in [4.78, 5) is 35.5. The highest BCUT2D eigenvalue weighted by Crippen LogP contribution is 2.24. The zero-order chi connectivity index (χ0) is 23.2. The van der Waals surface area contributed by atoms with Gasteiger partial charge in [-0.3, -0.25) is 10.1 Å². The van der Waals surface area contributed by atoms with Gasteiger partial charge >= 0.3 is 12.0 Å². The minimum Gasteiger partial charge on any atom is -0.490 e. The Hall–Kier alpha value is -3.73. The molecule has 0 aromatic heterocycles. The molecule has 0 saturated heterocycles. The molecule has 0 aliphatic carbocycles. The Balaban J connectivity index is 2.12. The number of aryl methyl sites for hydroxylation is 1. The number of halogens is 1. The van der Waals surface area contributed by atoms with Crippen LogP contribution >= 0.6 is 0 Å². The zero-order valence-electron chi connectivity index (χ0n) is 17.1. The van der Waals surface area contributed by atoms with E-state index in [0.29, 0.717) is 5.56 Å². The number of hydrazine groups is 1. The van der Waals surface area contributed by atoms with Gasteiger partial charge in [0.05, 0.1) is 12.3 Å². The van der Waals surface area contributed by atoms with Crippen LogP contribution in [-0.2, 0) is 9.53 Å². The van der Waals surface area contributed by atoms with Crippen molar-refractivity contribution in [3.8, 4) is 5.75 Å². The van der Waals surface area contributed by atoms with Crippen molar-refractivity contribution in [3.63, 3.8) is 0 Å². The topological polar surface area (TPSA) is 131 Å². The Kier molecular flexibility index (Phi) is 7.48. The number of aliphatic hydroxyl groups is 1. The van der Waals surface area contributed by atoms with Crippen LogP contribution in [0.25, 0.3) is 0 Å². The van der Waals surface area contributed by atoms with Gasteiger partial charge in [0, 0.05) is 6.07 Å². The third kappa shape index (κ3) is 6.12. The van der Waals surface area contributed by atoms with Gasteiger partial charge in [-0.1, -0.05) is 12.1 Å². The predicted octanol–water partition coefficient (Wildman–Crippen LogP) is 3.06. The minimum absolute atomic E-state index is 0.0317. The fourth-order valence-electron chi connectivity index (χ4n) is 2.52. The molecule has 0 radical (unpaired) electrons. The monoisotopic (exact) mass is 435 g/mol. The number of anilines is 2. The summed E-state index contributed by atoms with van der Waals surface area (Å²) in [7, 11) is 0. The molecule has 0 aliphatic rings. The van der Waals surface area contributed by atoms with Crippen molar-refractivity contribution in [1.29, 1.82) is 0 Å². The molecule has 2 aromatic rings. The lowest BCUT2D eigenvalue weighted by atomic mass is 10.1. The van der Waals surface area contributed by atoms with Gasteiger partial charge in [0.2, 0.25) is 0 Å². The summed E-state index contributed by atoms with van der Waals surface area (Å²) in [5, 5.41) is 23.4. The maximum Gasteiger partial charge on any atom is 0.411 e. The fourth-order valence-corrected chi connectivity index (χ4v) is 2.52. The first kappa shape index (κ1) is 23.5. The third-order valence-electron chi connectivity index (χ3n) is 4.04. The van der Waals surface area contributed by atoms with Gasteiger partial charge in [-0.05, 0) is 55.6 Å². The van der Waals surface area contributed by atoms with Gasteiger partial charge in [-0.2, -0.15) is 0 Å². The predicted molar refractivity (Wildman–Crippen MR) is 109 cm³/mol. The lowest BCUT2D eigenvalue weighted by molar-refractivity contribution is -0.485. The Labute approximate surface area is 177 Å². The Morgan fingerprint density at radius 1 is 1.29 bits per heavy atom. The van der Waals surface area contributed by atoms with Crippen molar-refractivity contribution in [2.24, 2.45) is 0 Å². The number of nitrogens with zero attached hydrogens (tertiary/aromatic N) is 2. The quantitative estimate of drug-likeness (QED) is 0.481. The third-order valence-corrected chi connectivity index (χ3v) is 4.04. The Bertz CT molecular complexity index is 981. The number of benzene rings is 2. The first-order valence-electron chi connectivity index (χ1n) is 9.19. The number of rotatable bonds is 8. The van der Waals surface area contributed by atoms with E-state index in [1.165, 1.54) is 30.3 Å². The van der Waals surface area contributed by atoms with Gasteiger partial charge in [-0.15, -0.1) is 0 Å². The molecule has 31 heavy (non-hydrogen) atoms. The summed E-state index contributed by atoms with van der Waals surface area (Å²) in [6.45, 7) is 3.77. The van der Waals surface area contributed by atoms with Crippen LogP contribution in [0.3, 0.4) is 0 Å². The van der Waals surface area contributed by atoms with Crippen molar-refractivity contribution in [2.45, 2.75) is 26.4 Å². The van der Waals surface area contributed by atoms with Crippen LogP contribution in [0.2, 0.25) is 0 Å². The largest absolute Gasteiger partial charge is 0.490 e. The molecule has 10 nitrogen and oxygen atoms in total. The molecule has 2 aromatic carbocycles. The van der Waals surface area contributed by atoms with E-state index in [-0.39, 0.29) is 28.7 Å². The number of ether oxygens (including phenoxy) is 2. The second-order valence-electron chi connectivity index (χ2n) is 6.74. The SMILES string of the molecule is CCOC(=O)Nc1ccc(OCC(C)(O)C(=O)N(c2cccc(C)c2)[N+](=O)[O-])cc1F. The number of carbonyl (C=O) groups excluding carboxylic acids is 2. The summed E-state index contributed by atoms with van der Waals surface area (Å²) >= 11 is 0. The number of hydrogen-bond acceptors (Lipinski definition) is 7. The number of hydrogen-bond donors (Lipinski definition) is 2. The number of nitrogens with one attached hydrogen (secondary N) is 1. The molecule has 1 atom stereocenters. The molecule has 0 fully saturated rings. The molecule has 1 unspecified atom stereocenters. The molecule has 11 heteroatoms. The van der Waals surface area contributed by atoms with Crippen molar-refractivity contribution >= 4 is 23.4 Å². The molecule has 2 N–H and O–H groups in total. The van der Waals surface area contributed by atoms with Gasteiger partial charge in [0.1, 0.15) is 18.0 Å². The highest BCUT2D eigenvalue weighted by atomic mass is 19.1. The van der Waals surface area contributed by atoms with E-state index in [1.807, 2.05) is 0 Å². The second kappa shape index (κ2) is 9.85. The highest BCUT2D eigenvalue weighted by molar-refractivity contribution is 5.97. The molecule has 2 rings (SSSR count). The van der Waals surface area contributed by atoms with Crippen molar-refractivity contribution < 1.29 is 33.6 Å². The first-order chi connectivity index (χ1) is 14.5. The molecular formula is C20H22FN3O7. The van der Waals surface area contributed by atoms with Crippen LogP contribution in [0, 0.1) is 22.9 Å². The van der Waals surface area contributed by atoms with Gasteiger partial charge in [-0.25, -0.2) is 19.3 Å².